The van der Waals surface area contributed by atoms with Crippen molar-refractivity contribution in [3.8, 4) is 5.88 Å². The van der Waals surface area contributed by atoms with E-state index in [0.29, 0.717) is 31.3 Å². The fraction of sp³-hybridized carbons (Fsp3) is 0.389. The molecule has 1 aromatic heterocycles. The van der Waals surface area contributed by atoms with Gasteiger partial charge in [-0.15, -0.1) is 0 Å². The standard InChI is InChI=1S/C18H22N4O2/c1-2-24-17-11-16(19-13-20-17)21-15(14-7-4-3-5-8-14)12-22-10-6-9-18(22)23/h3-5,7-8,11,13,15H,2,6,9-10,12H2,1H3,(H,19,20,21). The SMILES string of the molecule is CCOc1cc(NC(CN2CCCC2=O)c2ccccc2)ncn1. The van der Waals surface area contributed by atoms with Crippen LogP contribution < -0.4 is 10.1 Å². The van der Waals surface area contributed by atoms with Crippen LogP contribution in [-0.2, 0) is 4.79 Å². The Bertz CT molecular complexity index is 678. The number of benzene rings is 1. The summed E-state index contributed by atoms with van der Waals surface area (Å²) in [4.78, 5) is 22.3. The van der Waals surface area contributed by atoms with Crippen molar-refractivity contribution in [1.29, 1.82) is 0 Å². The predicted octanol–water partition coefficient (Wildman–Crippen LogP) is 2.65. The smallest absolute Gasteiger partial charge is 0.222 e. The summed E-state index contributed by atoms with van der Waals surface area (Å²) in [7, 11) is 0. The van der Waals surface area contributed by atoms with E-state index in [2.05, 4.69) is 27.4 Å². The van der Waals surface area contributed by atoms with Gasteiger partial charge in [-0.25, -0.2) is 9.97 Å². The van der Waals surface area contributed by atoms with E-state index in [0.717, 1.165) is 18.5 Å². The molecule has 1 atom stereocenters. The number of aromatic nitrogens is 2. The van der Waals surface area contributed by atoms with Crippen LogP contribution in [0.2, 0.25) is 0 Å². The summed E-state index contributed by atoms with van der Waals surface area (Å²) in [6.07, 6.45) is 3.06. The van der Waals surface area contributed by atoms with E-state index in [4.69, 9.17) is 4.74 Å². The lowest BCUT2D eigenvalue weighted by Gasteiger charge is -2.25. The number of hydrogen-bond donors (Lipinski definition) is 1. The van der Waals surface area contributed by atoms with Gasteiger partial charge in [0.2, 0.25) is 11.8 Å². The molecule has 1 aliphatic rings. The fourth-order valence-corrected chi connectivity index (χ4v) is 2.86. The van der Waals surface area contributed by atoms with Crippen molar-refractivity contribution in [2.45, 2.75) is 25.8 Å². The second-order valence-electron chi connectivity index (χ2n) is 5.73. The maximum absolute atomic E-state index is 12.0. The molecule has 0 radical (unpaired) electrons. The van der Waals surface area contributed by atoms with Gasteiger partial charge in [-0.1, -0.05) is 30.3 Å². The summed E-state index contributed by atoms with van der Waals surface area (Å²) in [5.74, 6) is 1.45. The Labute approximate surface area is 141 Å². The predicted molar refractivity (Wildman–Crippen MR) is 91.8 cm³/mol. The summed E-state index contributed by atoms with van der Waals surface area (Å²) >= 11 is 0. The lowest BCUT2D eigenvalue weighted by Crippen LogP contribution is -2.32. The first-order valence-electron chi connectivity index (χ1n) is 8.30. The number of carbonyl (C=O) groups is 1. The quantitative estimate of drug-likeness (QED) is 0.847. The number of anilines is 1. The van der Waals surface area contributed by atoms with Crippen LogP contribution in [0.5, 0.6) is 5.88 Å². The number of likely N-dealkylation sites (tertiary alicyclic amines) is 1. The molecule has 1 unspecified atom stereocenters. The van der Waals surface area contributed by atoms with Crippen LogP contribution in [0.25, 0.3) is 0 Å². The first-order valence-corrected chi connectivity index (χ1v) is 8.30. The van der Waals surface area contributed by atoms with Gasteiger partial charge < -0.3 is 15.0 Å². The molecule has 1 N–H and O–H groups in total. The van der Waals surface area contributed by atoms with Gasteiger partial charge >= 0.3 is 0 Å². The number of carbonyl (C=O) groups excluding carboxylic acids is 1. The Balaban J connectivity index is 1.79. The first kappa shape index (κ1) is 16.2. The van der Waals surface area contributed by atoms with Crippen LogP contribution in [-0.4, -0.2) is 40.5 Å². The highest BCUT2D eigenvalue weighted by molar-refractivity contribution is 5.78. The Morgan fingerprint density at radius 1 is 1.29 bits per heavy atom. The molecule has 1 amide bonds. The number of amides is 1. The maximum atomic E-state index is 12.0. The third kappa shape index (κ3) is 4.01. The zero-order chi connectivity index (χ0) is 16.8. The van der Waals surface area contributed by atoms with Crippen LogP contribution in [0.1, 0.15) is 31.4 Å². The number of rotatable bonds is 7. The van der Waals surface area contributed by atoms with E-state index in [1.54, 1.807) is 6.07 Å². The monoisotopic (exact) mass is 326 g/mol. The lowest BCUT2D eigenvalue weighted by molar-refractivity contribution is -0.127. The zero-order valence-corrected chi connectivity index (χ0v) is 13.8. The number of nitrogens with one attached hydrogen (secondary N) is 1. The van der Waals surface area contributed by atoms with E-state index in [-0.39, 0.29) is 11.9 Å². The minimum atomic E-state index is -0.0300. The normalized spacial score (nSPS) is 15.4. The van der Waals surface area contributed by atoms with Gasteiger partial charge in [-0.3, -0.25) is 4.79 Å². The minimum Gasteiger partial charge on any atom is -0.478 e. The van der Waals surface area contributed by atoms with E-state index in [1.165, 1.54) is 6.33 Å². The molecule has 2 aromatic rings. The Morgan fingerprint density at radius 2 is 2.12 bits per heavy atom. The lowest BCUT2D eigenvalue weighted by atomic mass is 10.1. The second-order valence-corrected chi connectivity index (χ2v) is 5.73. The molecule has 1 aliphatic heterocycles. The van der Waals surface area contributed by atoms with Crippen molar-refractivity contribution < 1.29 is 9.53 Å². The first-order chi connectivity index (χ1) is 11.8. The van der Waals surface area contributed by atoms with Gasteiger partial charge in [-0.05, 0) is 18.9 Å². The molecule has 2 heterocycles. The molecule has 0 aliphatic carbocycles. The molecule has 0 bridgehead atoms. The van der Waals surface area contributed by atoms with E-state index in [9.17, 15) is 4.79 Å². The zero-order valence-electron chi connectivity index (χ0n) is 13.8. The molecule has 1 aromatic carbocycles. The van der Waals surface area contributed by atoms with Crippen molar-refractivity contribution in [1.82, 2.24) is 14.9 Å². The molecule has 3 rings (SSSR count). The minimum absolute atomic E-state index is 0.0300. The molecule has 6 heteroatoms. The van der Waals surface area contributed by atoms with E-state index >= 15 is 0 Å². The second kappa shape index (κ2) is 7.77. The van der Waals surface area contributed by atoms with Crippen molar-refractivity contribution in [3.63, 3.8) is 0 Å². The van der Waals surface area contributed by atoms with E-state index < -0.39 is 0 Å². The Morgan fingerprint density at radius 3 is 2.83 bits per heavy atom. The molecule has 126 valence electrons. The van der Waals surface area contributed by atoms with Gasteiger partial charge in [0.15, 0.2) is 0 Å². The highest BCUT2D eigenvalue weighted by Crippen LogP contribution is 2.23. The molecule has 1 saturated heterocycles. The molecule has 0 spiro atoms. The number of nitrogens with zero attached hydrogens (tertiary/aromatic N) is 3. The molecule has 1 fully saturated rings. The summed E-state index contributed by atoms with van der Waals surface area (Å²) in [6, 6.07) is 11.9. The third-order valence-corrected chi connectivity index (χ3v) is 4.03. The highest BCUT2D eigenvalue weighted by Gasteiger charge is 2.24. The van der Waals surface area contributed by atoms with Gasteiger partial charge in [0.1, 0.15) is 12.1 Å². The fourth-order valence-electron chi connectivity index (χ4n) is 2.86. The highest BCUT2D eigenvalue weighted by atomic mass is 16.5. The van der Waals surface area contributed by atoms with E-state index in [1.807, 2.05) is 30.0 Å². The van der Waals surface area contributed by atoms with Crippen LogP contribution >= 0.6 is 0 Å². The van der Waals surface area contributed by atoms with Crippen molar-refractivity contribution in [2.75, 3.05) is 25.0 Å². The summed E-state index contributed by atoms with van der Waals surface area (Å²) in [6.45, 7) is 3.91. The topological polar surface area (TPSA) is 67.3 Å². The maximum Gasteiger partial charge on any atom is 0.222 e. The van der Waals surface area contributed by atoms with Gasteiger partial charge in [0.25, 0.3) is 0 Å². The third-order valence-electron chi connectivity index (χ3n) is 4.03. The average molecular weight is 326 g/mol. The largest absolute Gasteiger partial charge is 0.478 e. The van der Waals surface area contributed by atoms with Crippen LogP contribution in [0.3, 0.4) is 0 Å². The van der Waals surface area contributed by atoms with Crippen molar-refractivity contribution >= 4 is 11.7 Å². The van der Waals surface area contributed by atoms with Crippen molar-refractivity contribution in [2.24, 2.45) is 0 Å². The van der Waals surface area contributed by atoms with Crippen LogP contribution in [0.4, 0.5) is 5.82 Å². The van der Waals surface area contributed by atoms with Crippen LogP contribution in [0.15, 0.2) is 42.7 Å². The average Bonchev–Trinajstić information content (AvgIpc) is 3.01. The Hall–Kier alpha value is -2.63. The summed E-state index contributed by atoms with van der Waals surface area (Å²) in [5.41, 5.74) is 1.12. The van der Waals surface area contributed by atoms with Crippen molar-refractivity contribution in [3.05, 3.63) is 48.3 Å². The molecule has 6 nitrogen and oxygen atoms in total. The van der Waals surface area contributed by atoms with Gasteiger partial charge in [0.05, 0.1) is 12.6 Å². The molecule has 24 heavy (non-hydrogen) atoms. The Kier molecular flexibility index (Phi) is 5.25. The molecular weight excluding hydrogens is 304 g/mol. The van der Waals surface area contributed by atoms with Gasteiger partial charge in [-0.2, -0.15) is 0 Å². The number of ether oxygens (including phenoxy) is 1. The van der Waals surface area contributed by atoms with Gasteiger partial charge in [0, 0.05) is 25.6 Å². The summed E-state index contributed by atoms with van der Waals surface area (Å²) < 4.78 is 5.43. The molecular formula is C18H22N4O2. The van der Waals surface area contributed by atoms with Crippen LogP contribution in [0, 0.1) is 0 Å². The summed E-state index contributed by atoms with van der Waals surface area (Å²) in [5, 5.41) is 3.42. The number of hydrogen-bond acceptors (Lipinski definition) is 5. The molecule has 0 saturated carbocycles.